The highest BCUT2D eigenvalue weighted by Crippen LogP contribution is 2.40. The fraction of sp³-hybridized carbons (Fsp3) is 0.370. The van der Waals surface area contributed by atoms with Crippen LogP contribution in [0.5, 0.6) is 0 Å². The summed E-state index contributed by atoms with van der Waals surface area (Å²) >= 11 is 1.54. The number of hydrogen-bond donors (Lipinski definition) is 3. The molecule has 0 unspecified atom stereocenters. The number of likely N-dealkylation sites (N-methyl/N-ethyl adjacent to an activating group) is 1. The predicted octanol–water partition coefficient (Wildman–Crippen LogP) is 5.30. The lowest BCUT2D eigenvalue weighted by atomic mass is 10.2. The Morgan fingerprint density at radius 2 is 1.85 bits per heavy atom. The van der Waals surface area contributed by atoms with E-state index in [0.717, 1.165) is 84.4 Å². The summed E-state index contributed by atoms with van der Waals surface area (Å²) in [6, 6.07) is 11.0. The second kappa shape index (κ2) is 11.0. The van der Waals surface area contributed by atoms with Gasteiger partial charge < -0.3 is 25.0 Å². The van der Waals surface area contributed by atoms with E-state index in [1.165, 1.54) is 0 Å². The van der Waals surface area contributed by atoms with Gasteiger partial charge in [-0.2, -0.15) is 0 Å². The number of aromatic nitrogens is 4. The Bertz CT molecular complexity index is 1440. The molecule has 202 valence electrons. The van der Waals surface area contributed by atoms with Crippen LogP contribution in [0.1, 0.15) is 37.3 Å². The first-order valence-electron chi connectivity index (χ1n) is 13.2. The number of anilines is 5. The molecule has 0 bridgehead atoms. The maximum Gasteiger partial charge on any atom is 0.324 e. The smallest absolute Gasteiger partial charge is 0.324 e. The fourth-order valence-electron chi connectivity index (χ4n) is 4.55. The van der Waals surface area contributed by atoms with Crippen molar-refractivity contribution in [3.05, 3.63) is 54.2 Å². The zero-order chi connectivity index (χ0) is 26.8. The minimum atomic E-state index is -0.366. The third kappa shape index (κ3) is 6.18. The molecule has 1 aromatic carbocycles. The molecule has 6 rings (SSSR count). The number of piperazine rings is 1. The summed E-state index contributed by atoms with van der Waals surface area (Å²) in [6.07, 6.45) is 4.06. The predicted molar refractivity (Wildman–Crippen MR) is 153 cm³/mol. The van der Waals surface area contributed by atoms with E-state index in [9.17, 15) is 4.79 Å². The topological polar surface area (TPSA) is 124 Å². The molecular weight excluding hydrogens is 514 g/mol. The zero-order valence-electron chi connectivity index (χ0n) is 22.0. The number of nitrogens with zero attached hydrogens (tertiary/aromatic N) is 6. The average Bonchev–Trinajstić information content (AvgIpc) is 3.52. The highest BCUT2D eigenvalue weighted by atomic mass is 32.1. The van der Waals surface area contributed by atoms with Gasteiger partial charge in [-0.1, -0.05) is 35.5 Å². The van der Waals surface area contributed by atoms with E-state index < -0.39 is 0 Å². The van der Waals surface area contributed by atoms with Gasteiger partial charge in [0, 0.05) is 56.1 Å². The molecule has 1 aliphatic heterocycles. The molecule has 1 saturated heterocycles. The van der Waals surface area contributed by atoms with Gasteiger partial charge in [0.25, 0.3) is 0 Å². The highest BCUT2D eigenvalue weighted by Gasteiger charge is 2.28. The van der Waals surface area contributed by atoms with E-state index in [-0.39, 0.29) is 6.03 Å². The van der Waals surface area contributed by atoms with Gasteiger partial charge in [0.05, 0.1) is 4.88 Å². The van der Waals surface area contributed by atoms with Gasteiger partial charge in [0.2, 0.25) is 0 Å². The first-order valence-corrected chi connectivity index (χ1v) is 14.0. The van der Waals surface area contributed by atoms with Crippen LogP contribution in [-0.4, -0.2) is 63.8 Å². The molecule has 0 radical (unpaired) electrons. The molecule has 39 heavy (non-hydrogen) atoms. The van der Waals surface area contributed by atoms with Gasteiger partial charge in [0.1, 0.15) is 23.2 Å². The van der Waals surface area contributed by atoms with Crippen LogP contribution in [0.2, 0.25) is 0 Å². The molecule has 4 heterocycles. The third-order valence-corrected chi connectivity index (χ3v) is 7.85. The molecule has 2 aliphatic rings. The van der Waals surface area contributed by atoms with Gasteiger partial charge in [0.15, 0.2) is 10.9 Å². The van der Waals surface area contributed by atoms with Crippen molar-refractivity contribution in [2.75, 3.05) is 53.6 Å². The second-order valence-electron chi connectivity index (χ2n) is 9.78. The summed E-state index contributed by atoms with van der Waals surface area (Å²) in [6.45, 7) is 9.19. The number of nitrogens with one attached hydrogen (secondary N) is 3. The Balaban J connectivity index is 1.06. The maximum atomic E-state index is 12.4. The lowest BCUT2D eigenvalue weighted by Gasteiger charge is -2.34. The quantitative estimate of drug-likeness (QED) is 0.270. The number of aryl methyl sites for hydroxylation is 1. The van der Waals surface area contributed by atoms with Crippen molar-refractivity contribution in [3.63, 3.8) is 0 Å². The summed E-state index contributed by atoms with van der Waals surface area (Å²) < 4.78 is 5.28. The Morgan fingerprint density at radius 3 is 2.59 bits per heavy atom. The van der Waals surface area contributed by atoms with Gasteiger partial charge in [-0.05, 0) is 44.0 Å². The minimum Gasteiger partial charge on any atom is -0.359 e. The number of rotatable bonds is 8. The molecule has 2 fully saturated rings. The van der Waals surface area contributed by atoms with Crippen molar-refractivity contribution in [1.82, 2.24) is 25.0 Å². The Hall–Kier alpha value is -4.03. The van der Waals surface area contributed by atoms with Gasteiger partial charge in [-0.25, -0.2) is 19.7 Å². The Morgan fingerprint density at radius 1 is 1.05 bits per heavy atom. The number of carbonyl (C=O) groups excluding carboxylic acids is 1. The van der Waals surface area contributed by atoms with Crippen molar-refractivity contribution >= 4 is 45.6 Å². The lowest BCUT2D eigenvalue weighted by molar-refractivity contribution is 0.262. The molecular formula is C27H31N9O2S. The average molecular weight is 546 g/mol. The largest absolute Gasteiger partial charge is 0.359 e. The molecule has 12 heteroatoms. The Kier molecular flexibility index (Phi) is 7.12. The van der Waals surface area contributed by atoms with Crippen LogP contribution < -0.4 is 20.9 Å². The van der Waals surface area contributed by atoms with Crippen molar-refractivity contribution < 1.29 is 9.32 Å². The summed E-state index contributed by atoms with van der Waals surface area (Å²) in [4.78, 5) is 31.9. The molecule has 11 nitrogen and oxygen atoms in total. The molecule has 1 saturated carbocycles. The molecule has 0 spiro atoms. The van der Waals surface area contributed by atoms with Crippen LogP contribution in [0.15, 0.2) is 47.1 Å². The minimum absolute atomic E-state index is 0.366. The molecule has 3 N–H and O–H groups in total. The van der Waals surface area contributed by atoms with Crippen LogP contribution in [0.25, 0.3) is 10.4 Å². The molecule has 3 aromatic heterocycles. The van der Waals surface area contributed by atoms with Crippen molar-refractivity contribution in [2.45, 2.75) is 32.6 Å². The van der Waals surface area contributed by atoms with E-state index >= 15 is 0 Å². The van der Waals surface area contributed by atoms with Gasteiger partial charge >= 0.3 is 6.03 Å². The molecule has 1 aliphatic carbocycles. The standard InChI is InChI=1S/C27H31N9O2S/c1-3-35-10-12-36(13-11-35)25-15-23(29-17(2)30-25)33-27-28-16-22(39-27)19-6-8-20(9-7-19)31-26(37)32-24-14-21(38-34-24)18-4-5-18/h6-9,14-16,18H,3-5,10-13H2,1-2H3,(H,28,29,30,33)(H2,31,32,34,37). The Labute approximate surface area is 230 Å². The van der Waals surface area contributed by atoms with Gasteiger partial charge in [-0.15, -0.1) is 0 Å². The zero-order valence-corrected chi connectivity index (χ0v) is 22.8. The van der Waals surface area contributed by atoms with Crippen molar-refractivity contribution in [1.29, 1.82) is 0 Å². The van der Waals surface area contributed by atoms with Crippen LogP contribution in [0, 0.1) is 6.92 Å². The van der Waals surface area contributed by atoms with Crippen LogP contribution in [-0.2, 0) is 0 Å². The third-order valence-electron chi connectivity index (χ3n) is 6.89. The molecule has 0 atom stereocenters. The van der Waals surface area contributed by atoms with E-state index in [1.54, 1.807) is 17.4 Å². The van der Waals surface area contributed by atoms with E-state index in [1.807, 2.05) is 43.5 Å². The molecule has 4 aromatic rings. The molecule has 2 amide bonds. The van der Waals surface area contributed by atoms with Crippen LogP contribution in [0.3, 0.4) is 0 Å². The number of hydrogen-bond acceptors (Lipinski definition) is 10. The van der Waals surface area contributed by atoms with Crippen molar-refractivity contribution in [2.24, 2.45) is 0 Å². The number of thiazole rings is 1. The fourth-order valence-corrected chi connectivity index (χ4v) is 5.38. The first kappa shape index (κ1) is 25.3. The summed E-state index contributed by atoms with van der Waals surface area (Å²) in [5, 5.41) is 13.6. The van der Waals surface area contributed by atoms with Crippen LogP contribution in [0.4, 0.5) is 33.1 Å². The summed E-state index contributed by atoms with van der Waals surface area (Å²) in [5.41, 5.74) is 1.68. The van der Waals surface area contributed by atoms with E-state index in [0.29, 0.717) is 17.4 Å². The first-order chi connectivity index (χ1) is 19.0. The second-order valence-corrected chi connectivity index (χ2v) is 10.8. The number of amides is 2. The summed E-state index contributed by atoms with van der Waals surface area (Å²) in [5.74, 6) is 4.09. The number of benzene rings is 1. The van der Waals surface area contributed by atoms with Gasteiger partial charge in [-0.3, -0.25) is 5.32 Å². The van der Waals surface area contributed by atoms with E-state index in [2.05, 4.69) is 52.8 Å². The maximum absolute atomic E-state index is 12.4. The summed E-state index contributed by atoms with van der Waals surface area (Å²) in [7, 11) is 0. The number of carbonyl (C=O) groups is 1. The highest BCUT2D eigenvalue weighted by molar-refractivity contribution is 7.18. The number of urea groups is 1. The SMILES string of the molecule is CCN1CCN(c2cc(Nc3ncc(-c4ccc(NC(=O)Nc5cc(C6CC6)on5)cc4)s3)nc(C)n2)CC1. The van der Waals surface area contributed by atoms with Crippen molar-refractivity contribution in [3.8, 4) is 10.4 Å². The van der Waals surface area contributed by atoms with Crippen LogP contribution >= 0.6 is 11.3 Å². The lowest BCUT2D eigenvalue weighted by Crippen LogP contribution is -2.46. The normalized spacial score (nSPS) is 15.8. The van der Waals surface area contributed by atoms with E-state index in [4.69, 9.17) is 4.52 Å². The monoisotopic (exact) mass is 545 g/mol.